The number of aliphatic hydroxyl groups is 1. The summed E-state index contributed by atoms with van der Waals surface area (Å²) in [6.45, 7) is 11.3. The maximum atomic E-state index is 9.00. The van der Waals surface area contributed by atoms with Crippen molar-refractivity contribution in [2.75, 3.05) is 65.9 Å². The van der Waals surface area contributed by atoms with Crippen LogP contribution in [0.3, 0.4) is 0 Å². The fraction of sp³-hybridized carbons (Fsp3) is 1.00. The molecule has 0 heterocycles. The molecule has 0 aliphatic carbocycles. The SMILES string of the molecule is CCCCOCCOCCOCCN(CCO)CCCC. The number of ether oxygens (including phenoxy) is 3. The van der Waals surface area contributed by atoms with E-state index >= 15 is 0 Å². The third-order valence-corrected chi connectivity index (χ3v) is 3.18. The normalized spacial score (nSPS) is 11.4. The van der Waals surface area contributed by atoms with Crippen molar-refractivity contribution in [1.29, 1.82) is 0 Å². The van der Waals surface area contributed by atoms with Crippen molar-refractivity contribution in [3.8, 4) is 0 Å². The van der Waals surface area contributed by atoms with Crippen LogP contribution in [0.15, 0.2) is 0 Å². The Balaban J connectivity index is 3.25. The van der Waals surface area contributed by atoms with Crippen molar-refractivity contribution in [3.63, 3.8) is 0 Å². The third kappa shape index (κ3) is 16.0. The standard InChI is InChI=1S/C16H35NO4/c1-3-5-7-17(8-10-18)9-12-20-14-16-21-15-13-19-11-6-4-2/h18H,3-16H2,1-2H3. The van der Waals surface area contributed by atoms with E-state index in [1.165, 1.54) is 19.3 Å². The minimum atomic E-state index is 0.213. The van der Waals surface area contributed by atoms with Crippen LogP contribution < -0.4 is 0 Å². The van der Waals surface area contributed by atoms with Crippen LogP contribution in [0.4, 0.5) is 0 Å². The predicted octanol–water partition coefficient (Wildman–Crippen LogP) is 1.93. The molecule has 5 nitrogen and oxygen atoms in total. The summed E-state index contributed by atoms with van der Waals surface area (Å²) in [6, 6.07) is 0. The molecular weight excluding hydrogens is 270 g/mol. The van der Waals surface area contributed by atoms with Gasteiger partial charge in [0.05, 0.1) is 39.6 Å². The van der Waals surface area contributed by atoms with Crippen molar-refractivity contribution < 1.29 is 19.3 Å². The molecule has 0 aliphatic heterocycles. The second-order valence-corrected chi connectivity index (χ2v) is 5.11. The van der Waals surface area contributed by atoms with E-state index in [2.05, 4.69) is 18.7 Å². The van der Waals surface area contributed by atoms with Crippen molar-refractivity contribution in [1.82, 2.24) is 4.90 Å². The summed E-state index contributed by atoms with van der Waals surface area (Å²) >= 11 is 0. The highest BCUT2D eigenvalue weighted by atomic mass is 16.5. The van der Waals surface area contributed by atoms with Gasteiger partial charge in [-0.05, 0) is 19.4 Å². The number of unbranched alkanes of at least 4 members (excludes halogenated alkanes) is 2. The van der Waals surface area contributed by atoms with Crippen LogP contribution in [0.25, 0.3) is 0 Å². The largest absolute Gasteiger partial charge is 0.395 e. The average molecular weight is 305 g/mol. The van der Waals surface area contributed by atoms with E-state index in [-0.39, 0.29) is 6.61 Å². The first-order valence-corrected chi connectivity index (χ1v) is 8.41. The van der Waals surface area contributed by atoms with Gasteiger partial charge in [-0.2, -0.15) is 0 Å². The average Bonchev–Trinajstić information content (AvgIpc) is 2.50. The molecule has 0 unspecified atom stereocenters. The Morgan fingerprint density at radius 2 is 1.24 bits per heavy atom. The van der Waals surface area contributed by atoms with Gasteiger partial charge in [0.15, 0.2) is 0 Å². The third-order valence-electron chi connectivity index (χ3n) is 3.18. The van der Waals surface area contributed by atoms with Crippen LogP contribution in [-0.2, 0) is 14.2 Å². The minimum absolute atomic E-state index is 0.213. The Bertz CT molecular complexity index is 193. The fourth-order valence-corrected chi connectivity index (χ4v) is 1.84. The van der Waals surface area contributed by atoms with E-state index in [1.54, 1.807) is 0 Å². The van der Waals surface area contributed by atoms with E-state index in [0.29, 0.717) is 33.0 Å². The summed E-state index contributed by atoms with van der Waals surface area (Å²) in [5, 5.41) is 9.00. The summed E-state index contributed by atoms with van der Waals surface area (Å²) in [5.41, 5.74) is 0. The zero-order valence-electron chi connectivity index (χ0n) is 14.0. The Morgan fingerprint density at radius 1 is 0.667 bits per heavy atom. The molecule has 0 aromatic heterocycles. The monoisotopic (exact) mass is 305 g/mol. The van der Waals surface area contributed by atoms with Crippen molar-refractivity contribution in [2.45, 2.75) is 39.5 Å². The number of hydrogen-bond acceptors (Lipinski definition) is 5. The summed E-state index contributed by atoms with van der Waals surface area (Å²) < 4.78 is 16.4. The van der Waals surface area contributed by atoms with Crippen LogP contribution in [0.2, 0.25) is 0 Å². The zero-order chi connectivity index (χ0) is 15.6. The van der Waals surface area contributed by atoms with Gasteiger partial charge in [-0.3, -0.25) is 4.90 Å². The Kier molecular flexibility index (Phi) is 17.7. The van der Waals surface area contributed by atoms with E-state index in [9.17, 15) is 0 Å². The summed E-state index contributed by atoms with van der Waals surface area (Å²) in [5.74, 6) is 0. The Morgan fingerprint density at radius 3 is 1.81 bits per heavy atom. The van der Waals surface area contributed by atoms with Crippen molar-refractivity contribution in [2.24, 2.45) is 0 Å². The molecule has 0 saturated heterocycles. The lowest BCUT2D eigenvalue weighted by atomic mass is 10.3. The number of hydrogen-bond donors (Lipinski definition) is 1. The molecule has 128 valence electrons. The number of rotatable bonds is 17. The van der Waals surface area contributed by atoms with Gasteiger partial charge in [-0.1, -0.05) is 26.7 Å². The second kappa shape index (κ2) is 17.9. The summed E-state index contributed by atoms with van der Waals surface area (Å²) in [4.78, 5) is 2.24. The smallest absolute Gasteiger partial charge is 0.0701 e. The molecule has 5 heteroatoms. The van der Waals surface area contributed by atoms with Gasteiger partial charge in [0.2, 0.25) is 0 Å². The first-order chi connectivity index (χ1) is 10.3. The highest BCUT2D eigenvalue weighted by Gasteiger charge is 2.03. The lowest BCUT2D eigenvalue weighted by Gasteiger charge is -2.20. The maximum absolute atomic E-state index is 9.00. The van der Waals surface area contributed by atoms with Crippen molar-refractivity contribution >= 4 is 0 Å². The lowest BCUT2D eigenvalue weighted by Crippen LogP contribution is -2.31. The van der Waals surface area contributed by atoms with Crippen LogP contribution >= 0.6 is 0 Å². The van der Waals surface area contributed by atoms with Gasteiger partial charge in [0.25, 0.3) is 0 Å². The van der Waals surface area contributed by atoms with Crippen LogP contribution in [-0.4, -0.2) is 75.9 Å². The number of nitrogens with zero attached hydrogens (tertiary/aromatic N) is 1. The maximum Gasteiger partial charge on any atom is 0.0701 e. The second-order valence-electron chi connectivity index (χ2n) is 5.11. The molecule has 0 spiro atoms. The molecule has 0 aromatic rings. The first-order valence-electron chi connectivity index (χ1n) is 8.41. The lowest BCUT2D eigenvalue weighted by molar-refractivity contribution is 0.00947. The molecule has 21 heavy (non-hydrogen) atoms. The molecule has 1 N–H and O–H groups in total. The molecule has 0 aromatic carbocycles. The van der Waals surface area contributed by atoms with Gasteiger partial charge in [0, 0.05) is 19.7 Å². The van der Waals surface area contributed by atoms with Gasteiger partial charge in [-0.15, -0.1) is 0 Å². The highest BCUT2D eigenvalue weighted by molar-refractivity contribution is 4.56. The topological polar surface area (TPSA) is 51.2 Å². The molecule has 0 saturated carbocycles. The molecule has 0 fully saturated rings. The van der Waals surface area contributed by atoms with Gasteiger partial charge >= 0.3 is 0 Å². The number of aliphatic hydroxyl groups excluding tert-OH is 1. The molecule has 0 aliphatic rings. The molecular formula is C16H35NO4. The van der Waals surface area contributed by atoms with Gasteiger partial charge < -0.3 is 19.3 Å². The predicted molar refractivity (Wildman–Crippen MR) is 85.8 cm³/mol. The molecule has 0 bridgehead atoms. The summed E-state index contributed by atoms with van der Waals surface area (Å²) in [7, 11) is 0. The Hall–Kier alpha value is -0.200. The van der Waals surface area contributed by atoms with E-state index in [0.717, 1.165) is 32.7 Å². The van der Waals surface area contributed by atoms with E-state index < -0.39 is 0 Å². The van der Waals surface area contributed by atoms with Crippen molar-refractivity contribution in [3.05, 3.63) is 0 Å². The van der Waals surface area contributed by atoms with Gasteiger partial charge in [0.1, 0.15) is 0 Å². The molecule has 0 rings (SSSR count). The van der Waals surface area contributed by atoms with Crippen LogP contribution in [0, 0.1) is 0 Å². The first kappa shape index (κ1) is 20.8. The summed E-state index contributed by atoms with van der Waals surface area (Å²) in [6.07, 6.45) is 4.63. The van der Waals surface area contributed by atoms with E-state index in [4.69, 9.17) is 19.3 Å². The van der Waals surface area contributed by atoms with Crippen LogP contribution in [0.1, 0.15) is 39.5 Å². The van der Waals surface area contributed by atoms with Gasteiger partial charge in [-0.25, -0.2) is 0 Å². The Labute approximate surface area is 130 Å². The quantitative estimate of drug-likeness (QED) is 0.416. The highest BCUT2D eigenvalue weighted by Crippen LogP contribution is 1.95. The molecule has 0 amide bonds. The molecule has 0 radical (unpaired) electrons. The minimum Gasteiger partial charge on any atom is -0.395 e. The fourth-order valence-electron chi connectivity index (χ4n) is 1.84. The van der Waals surface area contributed by atoms with Crippen LogP contribution in [0.5, 0.6) is 0 Å². The zero-order valence-corrected chi connectivity index (χ0v) is 14.0. The molecule has 0 atom stereocenters. The van der Waals surface area contributed by atoms with E-state index in [1.807, 2.05) is 0 Å².